The van der Waals surface area contributed by atoms with Gasteiger partial charge in [0.2, 0.25) is 0 Å². The van der Waals surface area contributed by atoms with Gasteiger partial charge in [0.15, 0.2) is 0 Å². The molecule has 0 aromatic carbocycles. The summed E-state index contributed by atoms with van der Waals surface area (Å²) in [7, 11) is 0. The molecule has 0 heterocycles. The number of amides is 1. The Morgan fingerprint density at radius 1 is 1.40 bits per heavy atom. The maximum absolute atomic E-state index is 11.8. The largest absolute Gasteiger partial charge is 0.460 e. The Balaban J connectivity index is 4.46. The molecular formula is C14H25NO4S. The number of carbonyl (C=O) groups excluding carboxylic acids is 2. The van der Waals surface area contributed by atoms with Gasteiger partial charge in [-0.15, -0.1) is 0 Å². The van der Waals surface area contributed by atoms with E-state index in [9.17, 15) is 9.59 Å². The number of ether oxygens (including phenoxy) is 2. The van der Waals surface area contributed by atoms with Crippen LogP contribution >= 0.6 is 11.8 Å². The normalized spacial score (nSPS) is 12.4. The molecule has 0 fully saturated rings. The Labute approximate surface area is 125 Å². The molecule has 1 N–H and O–H groups in total. The molecule has 1 amide bonds. The van der Waals surface area contributed by atoms with E-state index in [0.29, 0.717) is 5.75 Å². The smallest absolute Gasteiger partial charge is 0.408 e. The summed E-state index contributed by atoms with van der Waals surface area (Å²) in [6, 6.07) is -0.707. The Kier molecular flexibility index (Phi) is 9.12. The molecule has 0 aliphatic carbocycles. The molecule has 116 valence electrons. The minimum absolute atomic E-state index is 0.129. The highest BCUT2D eigenvalue weighted by molar-refractivity contribution is 7.99. The molecule has 5 nitrogen and oxygen atoms in total. The fourth-order valence-corrected chi connectivity index (χ4v) is 2.12. The van der Waals surface area contributed by atoms with Crippen LogP contribution in [0.5, 0.6) is 0 Å². The summed E-state index contributed by atoms with van der Waals surface area (Å²) in [5, 5.41) is 2.55. The Hall–Kier alpha value is -1.17. The highest BCUT2D eigenvalue weighted by atomic mass is 32.2. The summed E-state index contributed by atoms with van der Waals surface area (Å²) < 4.78 is 10.1. The van der Waals surface area contributed by atoms with Crippen LogP contribution < -0.4 is 5.32 Å². The van der Waals surface area contributed by atoms with Crippen LogP contribution in [0.15, 0.2) is 12.7 Å². The number of thioether (sulfide) groups is 1. The Bertz CT molecular complexity index is 326. The van der Waals surface area contributed by atoms with E-state index < -0.39 is 23.7 Å². The molecule has 0 unspecified atom stereocenters. The van der Waals surface area contributed by atoms with Crippen molar-refractivity contribution in [1.82, 2.24) is 5.32 Å². The molecule has 0 saturated carbocycles. The standard InChI is InChI=1S/C14H25NO4S/c1-6-8-18-12(16)11(10-20-9-7-2)15-13(17)19-14(3,4)5/h6,11H,1,7-10H2,2-5H3,(H,15,17)/t11-/m0/s1. The number of hydrogen-bond acceptors (Lipinski definition) is 5. The van der Waals surface area contributed by atoms with Crippen molar-refractivity contribution in [3.63, 3.8) is 0 Å². The molecule has 0 rings (SSSR count). The highest BCUT2D eigenvalue weighted by Crippen LogP contribution is 2.09. The molecule has 0 aliphatic heterocycles. The molecule has 0 radical (unpaired) electrons. The van der Waals surface area contributed by atoms with Crippen molar-refractivity contribution in [2.45, 2.75) is 45.8 Å². The molecule has 20 heavy (non-hydrogen) atoms. The molecule has 0 spiro atoms. The Morgan fingerprint density at radius 2 is 2.05 bits per heavy atom. The number of hydrogen-bond donors (Lipinski definition) is 1. The van der Waals surface area contributed by atoms with E-state index in [1.807, 2.05) is 0 Å². The summed E-state index contributed by atoms with van der Waals surface area (Å²) in [6.07, 6.45) is 1.88. The number of alkyl carbamates (subject to hydrolysis) is 1. The van der Waals surface area contributed by atoms with Crippen molar-refractivity contribution < 1.29 is 19.1 Å². The molecular weight excluding hydrogens is 278 g/mol. The van der Waals surface area contributed by atoms with Crippen molar-refractivity contribution >= 4 is 23.8 Å². The van der Waals surface area contributed by atoms with Crippen LogP contribution in [0.3, 0.4) is 0 Å². The number of rotatable bonds is 8. The SMILES string of the molecule is C=CCOC(=O)[C@H](CSCCC)NC(=O)OC(C)(C)C. The van der Waals surface area contributed by atoms with Gasteiger partial charge in [-0.05, 0) is 32.9 Å². The van der Waals surface area contributed by atoms with Gasteiger partial charge in [-0.1, -0.05) is 19.6 Å². The fraction of sp³-hybridized carbons (Fsp3) is 0.714. The van der Waals surface area contributed by atoms with Crippen LogP contribution in [0.2, 0.25) is 0 Å². The zero-order valence-corrected chi connectivity index (χ0v) is 13.5. The molecule has 0 aliphatic rings. The second kappa shape index (κ2) is 9.69. The minimum atomic E-state index is -0.707. The van der Waals surface area contributed by atoms with Gasteiger partial charge in [0.05, 0.1) is 0 Å². The third-order valence-electron chi connectivity index (χ3n) is 1.95. The molecule has 0 saturated heterocycles. The first-order valence-corrected chi connectivity index (χ1v) is 7.80. The van der Waals surface area contributed by atoms with Crippen LogP contribution in [0.25, 0.3) is 0 Å². The average Bonchev–Trinajstić information content (AvgIpc) is 2.32. The van der Waals surface area contributed by atoms with Gasteiger partial charge in [0, 0.05) is 5.75 Å². The lowest BCUT2D eigenvalue weighted by atomic mass is 10.2. The van der Waals surface area contributed by atoms with E-state index in [-0.39, 0.29) is 6.61 Å². The van der Waals surface area contributed by atoms with E-state index in [2.05, 4.69) is 18.8 Å². The summed E-state index contributed by atoms with van der Waals surface area (Å²) in [5.41, 5.74) is -0.601. The van der Waals surface area contributed by atoms with Crippen molar-refractivity contribution in [1.29, 1.82) is 0 Å². The lowest BCUT2D eigenvalue weighted by Crippen LogP contribution is -2.45. The van der Waals surface area contributed by atoms with Crippen molar-refractivity contribution in [3.8, 4) is 0 Å². The van der Waals surface area contributed by atoms with E-state index in [1.54, 1.807) is 32.5 Å². The number of nitrogens with one attached hydrogen (secondary N) is 1. The summed E-state index contributed by atoms with van der Waals surface area (Å²) in [5.74, 6) is 0.906. The van der Waals surface area contributed by atoms with E-state index in [4.69, 9.17) is 9.47 Å². The topological polar surface area (TPSA) is 64.6 Å². The first-order valence-electron chi connectivity index (χ1n) is 6.65. The monoisotopic (exact) mass is 303 g/mol. The van der Waals surface area contributed by atoms with Gasteiger partial charge < -0.3 is 14.8 Å². The van der Waals surface area contributed by atoms with Crippen LogP contribution in [0.4, 0.5) is 4.79 Å². The van der Waals surface area contributed by atoms with Crippen LogP contribution in [-0.2, 0) is 14.3 Å². The van der Waals surface area contributed by atoms with E-state index in [0.717, 1.165) is 12.2 Å². The zero-order valence-electron chi connectivity index (χ0n) is 12.7. The molecule has 0 bridgehead atoms. The van der Waals surface area contributed by atoms with Crippen LogP contribution in [0.1, 0.15) is 34.1 Å². The van der Waals surface area contributed by atoms with Gasteiger partial charge in [-0.25, -0.2) is 9.59 Å². The third kappa shape index (κ3) is 9.72. The van der Waals surface area contributed by atoms with Gasteiger partial charge in [-0.2, -0.15) is 11.8 Å². The first-order chi connectivity index (χ1) is 9.30. The predicted octanol–water partition coefficient (Wildman–Crippen LogP) is 2.75. The summed E-state index contributed by atoms with van der Waals surface area (Å²) in [6.45, 7) is 11.0. The van der Waals surface area contributed by atoms with Gasteiger partial charge >= 0.3 is 12.1 Å². The maximum Gasteiger partial charge on any atom is 0.408 e. The van der Waals surface area contributed by atoms with Gasteiger partial charge in [-0.3, -0.25) is 0 Å². The second-order valence-electron chi connectivity index (χ2n) is 5.19. The van der Waals surface area contributed by atoms with Gasteiger partial charge in [0.1, 0.15) is 18.2 Å². The number of esters is 1. The Morgan fingerprint density at radius 3 is 2.55 bits per heavy atom. The van der Waals surface area contributed by atoms with E-state index >= 15 is 0 Å². The second-order valence-corrected chi connectivity index (χ2v) is 6.34. The lowest BCUT2D eigenvalue weighted by molar-refractivity contribution is -0.144. The fourth-order valence-electron chi connectivity index (χ4n) is 1.21. The van der Waals surface area contributed by atoms with E-state index in [1.165, 1.54) is 6.08 Å². The molecule has 1 atom stereocenters. The van der Waals surface area contributed by atoms with Crippen molar-refractivity contribution in [2.75, 3.05) is 18.1 Å². The number of carbonyl (C=O) groups is 2. The zero-order chi connectivity index (χ0) is 15.6. The third-order valence-corrected chi connectivity index (χ3v) is 3.22. The average molecular weight is 303 g/mol. The highest BCUT2D eigenvalue weighted by Gasteiger charge is 2.25. The molecule has 0 aromatic heterocycles. The van der Waals surface area contributed by atoms with Gasteiger partial charge in [0.25, 0.3) is 0 Å². The van der Waals surface area contributed by atoms with Crippen LogP contribution in [0, 0.1) is 0 Å². The van der Waals surface area contributed by atoms with Crippen LogP contribution in [-0.4, -0.2) is 41.8 Å². The van der Waals surface area contributed by atoms with Crippen molar-refractivity contribution in [2.24, 2.45) is 0 Å². The lowest BCUT2D eigenvalue weighted by Gasteiger charge is -2.22. The maximum atomic E-state index is 11.8. The summed E-state index contributed by atoms with van der Waals surface area (Å²) >= 11 is 1.59. The predicted molar refractivity (Wildman–Crippen MR) is 81.9 cm³/mol. The van der Waals surface area contributed by atoms with Crippen molar-refractivity contribution in [3.05, 3.63) is 12.7 Å². The molecule has 6 heteroatoms. The minimum Gasteiger partial charge on any atom is -0.460 e. The first kappa shape index (κ1) is 18.8. The quantitative estimate of drug-likeness (QED) is 0.424. The summed E-state index contributed by atoms with van der Waals surface area (Å²) in [4.78, 5) is 23.6. The molecule has 0 aromatic rings.